The summed E-state index contributed by atoms with van der Waals surface area (Å²) in [6.07, 6.45) is 5.54. The molecule has 1 atom stereocenters. The standard InChI is InChI=1S/C12H16N2O2/c1-14(8-9-4-6-13-7-5-9)11(12(15)16)10-2-3-10/h4-7,10-11H,2-3,8H2,1H3,(H,15,16). The highest BCUT2D eigenvalue weighted by Crippen LogP contribution is 2.35. The molecule has 0 spiro atoms. The number of rotatable bonds is 5. The summed E-state index contributed by atoms with van der Waals surface area (Å²) in [5.41, 5.74) is 1.10. The fourth-order valence-electron chi connectivity index (χ4n) is 2.04. The van der Waals surface area contributed by atoms with E-state index in [9.17, 15) is 9.90 Å². The number of nitrogens with zero attached hydrogens (tertiary/aromatic N) is 2. The van der Waals surface area contributed by atoms with Gasteiger partial charge in [0.05, 0.1) is 0 Å². The van der Waals surface area contributed by atoms with Crippen molar-refractivity contribution in [3.05, 3.63) is 30.1 Å². The molecule has 4 nitrogen and oxygen atoms in total. The van der Waals surface area contributed by atoms with E-state index in [-0.39, 0.29) is 6.04 Å². The van der Waals surface area contributed by atoms with E-state index in [1.165, 1.54) is 0 Å². The Morgan fingerprint density at radius 2 is 2.19 bits per heavy atom. The van der Waals surface area contributed by atoms with Gasteiger partial charge in [-0.25, -0.2) is 0 Å². The summed E-state index contributed by atoms with van der Waals surface area (Å²) >= 11 is 0. The molecular formula is C12H16N2O2. The molecule has 86 valence electrons. The maximum atomic E-state index is 11.2. The van der Waals surface area contributed by atoms with E-state index in [1.807, 2.05) is 24.1 Å². The van der Waals surface area contributed by atoms with Crippen LogP contribution in [0.25, 0.3) is 0 Å². The van der Waals surface area contributed by atoms with Gasteiger partial charge in [-0.15, -0.1) is 0 Å². The van der Waals surface area contributed by atoms with Gasteiger partial charge in [0.15, 0.2) is 0 Å². The molecule has 0 aliphatic heterocycles. The third-order valence-corrected chi connectivity index (χ3v) is 2.98. The number of hydrogen-bond acceptors (Lipinski definition) is 3. The van der Waals surface area contributed by atoms with Crippen LogP contribution in [-0.2, 0) is 11.3 Å². The Morgan fingerprint density at radius 1 is 1.56 bits per heavy atom. The summed E-state index contributed by atoms with van der Waals surface area (Å²) in [4.78, 5) is 17.0. The van der Waals surface area contributed by atoms with E-state index < -0.39 is 5.97 Å². The van der Waals surface area contributed by atoms with Crippen LogP contribution in [0.1, 0.15) is 18.4 Å². The van der Waals surface area contributed by atoms with Crippen molar-refractivity contribution >= 4 is 5.97 Å². The molecule has 1 aliphatic rings. The predicted octanol–water partition coefficient (Wildman–Crippen LogP) is 1.38. The van der Waals surface area contributed by atoms with E-state index in [0.717, 1.165) is 18.4 Å². The molecule has 1 N–H and O–H groups in total. The second-order valence-electron chi connectivity index (χ2n) is 4.39. The lowest BCUT2D eigenvalue weighted by molar-refractivity contribution is -0.143. The van der Waals surface area contributed by atoms with Gasteiger partial charge >= 0.3 is 5.97 Å². The average Bonchev–Trinajstić information content (AvgIpc) is 3.03. The molecule has 1 aliphatic carbocycles. The van der Waals surface area contributed by atoms with Crippen molar-refractivity contribution in [2.24, 2.45) is 5.92 Å². The van der Waals surface area contributed by atoms with E-state index in [1.54, 1.807) is 12.4 Å². The fourth-order valence-corrected chi connectivity index (χ4v) is 2.04. The van der Waals surface area contributed by atoms with Gasteiger partial charge in [-0.2, -0.15) is 0 Å². The molecule has 0 amide bonds. The van der Waals surface area contributed by atoms with Gasteiger partial charge in [-0.3, -0.25) is 14.7 Å². The van der Waals surface area contributed by atoms with Crippen LogP contribution >= 0.6 is 0 Å². The zero-order valence-electron chi connectivity index (χ0n) is 9.34. The van der Waals surface area contributed by atoms with Crippen molar-refractivity contribution in [2.45, 2.75) is 25.4 Å². The third kappa shape index (κ3) is 2.58. The summed E-state index contributed by atoms with van der Waals surface area (Å²) in [7, 11) is 1.87. The van der Waals surface area contributed by atoms with Crippen molar-refractivity contribution in [2.75, 3.05) is 7.05 Å². The molecule has 0 aromatic carbocycles. The number of aromatic nitrogens is 1. The first-order chi connectivity index (χ1) is 7.68. The molecule has 16 heavy (non-hydrogen) atoms. The number of carboxylic acids is 1. The van der Waals surface area contributed by atoms with E-state index >= 15 is 0 Å². The quantitative estimate of drug-likeness (QED) is 0.814. The Morgan fingerprint density at radius 3 is 2.69 bits per heavy atom. The monoisotopic (exact) mass is 220 g/mol. The SMILES string of the molecule is CN(Cc1ccncc1)C(C(=O)O)C1CC1. The maximum Gasteiger partial charge on any atom is 0.321 e. The number of carboxylic acid groups (broad SMARTS) is 1. The number of likely N-dealkylation sites (N-methyl/N-ethyl adjacent to an activating group) is 1. The average molecular weight is 220 g/mol. The fraction of sp³-hybridized carbons (Fsp3) is 0.500. The highest BCUT2D eigenvalue weighted by Gasteiger charge is 2.38. The highest BCUT2D eigenvalue weighted by atomic mass is 16.4. The van der Waals surface area contributed by atoms with Gasteiger partial charge in [-0.1, -0.05) is 0 Å². The number of aliphatic carboxylic acids is 1. The topological polar surface area (TPSA) is 53.4 Å². The van der Waals surface area contributed by atoms with E-state index in [2.05, 4.69) is 4.98 Å². The summed E-state index contributed by atoms with van der Waals surface area (Å²) < 4.78 is 0. The van der Waals surface area contributed by atoms with Crippen LogP contribution in [0.15, 0.2) is 24.5 Å². The van der Waals surface area contributed by atoms with Crippen LogP contribution in [0, 0.1) is 5.92 Å². The molecule has 1 aromatic rings. The molecule has 0 bridgehead atoms. The Kier molecular flexibility index (Phi) is 3.19. The van der Waals surface area contributed by atoms with Crippen LogP contribution in [-0.4, -0.2) is 34.0 Å². The lowest BCUT2D eigenvalue weighted by Crippen LogP contribution is -2.39. The van der Waals surface area contributed by atoms with Gasteiger partial charge in [-0.05, 0) is 43.5 Å². The summed E-state index contributed by atoms with van der Waals surface area (Å²) in [5, 5.41) is 9.18. The van der Waals surface area contributed by atoms with Crippen LogP contribution < -0.4 is 0 Å². The minimum Gasteiger partial charge on any atom is -0.480 e. The maximum absolute atomic E-state index is 11.2. The lowest BCUT2D eigenvalue weighted by atomic mass is 10.1. The smallest absolute Gasteiger partial charge is 0.321 e. The van der Waals surface area contributed by atoms with Gasteiger partial charge < -0.3 is 5.11 Å². The molecular weight excluding hydrogens is 204 g/mol. The van der Waals surface area contributed by atoms with Crippen LogP contribution in [0.3, 0.4) is 0 Å². The zero-order chi connectivity index (χ0) is 11.5. The molecule has 1 saturated carbocycles. The van der Waals surface area contributed by atoms with E-state index in [4.69, 9.17) is 0 Å². The molecule has 4 heteroatoms. The first-order valence-corrected chi connectivity index (χ1v) is 5.50. The Labute approximate surface area is 94.9 Å². The lowest BCUT2D eigenvalue weighted by Gasteiger charge is -2.24. The third-order valence-electron chi connectivity index (χ3n) is 2.98. The number of pyridine rings is 1. The first-order valence-electron chi connectivity index (χ1n) is 5.50. The van der Waals surface area contributed by atoms with Crippen LogP contribution in [0.2, 0.25) is 0 Å². The van der Waals surface area contributed by atoms with Crippen molar-refractivity contribution in [1.29, 1.82) is 0 Å². The summed E-state index contributed by atoms with van der Waals surface area (Å²) in [5.74, 6) is -0.372. The molecule has 0 saturated heterocycles. The second kappa shape index (κ2) is 4.61. The first kappa shape index (κ1) is 11.1. The highest BCUT2D eigenvalue weighted by molar-refractivity contribution is 5.74. The normalized spacial score (nSPS) is 17.4. The molecule has 2 rings (SSSR count). The van der Waals surface area contributed by atoms with Crippen LogP contribution in [0.4, 0.5) is 0 Å². The van der Waals surface area contributed by atoms with Gasteiger partial charge in [0, 0.05) is 18.9 Å². The summed E-state index contributed by atoms with van der Waals surface area (Å²) in [6, 6.07) is 3.50. The number of carbonyl (C=O) groups is 1. The molecule has 1 fully saturated rings. The van der Waals surface area contributed by atoms with Crippen molar-refractivity contribution in [3.63, 3.8) is 0 Å². The Bertz CT molecular complexity index is 363. The predicted molar refractivity (Wildman–Crippen MR) is 59.9 cm³/mol. The Balaban J connectivity index is 2.00. The number of hydrogen-bond donors (Lipinski definition) is 1. The summed E-state index contributed by atoms with van der Waals surface area (Å²) in [6.45, 7) is 0.663. The van der Waals surface area contributed by atoms with Gasteiger partial charge in [0.1, 0.15) is 6.04 Å². The minimum atomic E-state index is -0.709. The molecule has 1 heterocycles. The Hall–Kier alpha value is -1.42. The van der Waals surface area contributed by atoms with E-state index in [0.29, 0.717) is 12.5 Å². The minimum absolute atomic E-state index is 0.337. The van der Waals surface area contributed by atoms with Crippen LogP contribution in [0.5, 0.6) is 0 Å². The van der Waals surface area contributed by atoms with Gasteiger partial charge in [0.25, 0.3) is 0 Å². The second-order valence-corrected chi connectivity index (χ2v) is 4.39. The largest absolute Gasteiger partial charge is 0.480 e. The zero-order valence-corrected chi connectivity index (χ0v) is 9.34. The molecule has 0 radical (unpaired) electrons. The van der Waals surface area contributed by atoms with Crippen molar-refractivity contribution in [3.8, 4) is 0 Å². The molecule has 1 aromatic heterocycles. The van der Waals surface area contributed by atoms with Crippen molar-refractivity contribution < 1.29 is 9.90 Å². The van der Waals surface area contributed by atoms with Gasteiger partial charge in [0.2, 0.25) is 0 Å². The van der Waals surface area contributed by atoms with Crippen molar-refractivity contribution in [1.82, 2.24) is 9.88 Å². The molecule has 1 unspecified atom stereocenters.